The summed E-state index contributed by atoms with van der Waals surface area (Å²) in [5.74, 6) is 3.00. The van der Waals surface area contributed by atoms with Crippen LogP contribution in [-0.2, 0) is 11.2 Å². The van der Waals surface area contributed by atoms with E-state index in [1.807, 2.05) is 30.8 Å². The van der Waals surface area contributed by atoms with Crippen molar-refractivity contribution < 1.29 is 13.9 Å². The zero-order valence-corrected chi connectivity index (χ0v) is 17.9. The van der Waals surface area contributed by atoms with Gasteiger partial charge in [-0.1, -0.05) is 0 Å². The number of rotatable bonds is 10. The number of likely N-dealkylation sites (tertiary alicyclic amines) is 1. The van der Waals surface area contributed by atoms with E-state index in [4.69, 9.17) is 14.1 Å². The first-order chi connectivity index (χ1) is 13.7. The van der Waals surface area contributed by atoms with Crippen molar-refractivity contribution in [3.63, 3.8) is 0 Å². The molecule has 8 heteroatoms. The number of nitrogens with one attached hydrogen (secondary N) is 2. The van der Waals surface area contributed by atoms with Gasteiger partial charge in [-0.15, -0.1) is 0 Å². The molecule has 2 rings (SSSR count). The molecule has 7 nitrogen and oxygen atoms in total. The molecule has 1 aromatic rings. The lowest BCUT2D eigenvalue weighted by molar-refractivity contribution is 0.0963. The highest BCUT2D eigenvalue weighted by Gasteiger charge is 2.24. The predicted octanol–water partition coefficient (Wildman–Crippen LogP) is 3.12. The summed E-state index contributed by atoms with van der Waals surface area (Å²) in [6.45, 7) is 5.27. The van der Waals surface area contributed by atoms with Gasteiger partial charge in [0.1, 0.15) is 5.76 Å². The van der Waals surface area contributed by atoms with Crippen molar-refractivity contribution >= 4 is 23.8 Å². The van der Waals surface area contributed by atoms with Gasteiger partial charge in [-0.3, -0.25) is 4.99 Å². The fourth-order valence-electron chi connectivity index (χ4n) is 3.08. The van der Waals surface area contributed by atoms with Crippen LogP contribution in [0.3, 0.4) is 0 Å². The summed E-state index contributed by atoms with van der Waals surface area (Å²) >= 11 is 1.87. The zero-order chi connectivity index (χ0) is 20.0. The van der Waals surface area contributed by atoms with E-state index in [9.17, 15) is 4.79 Å². The number of thioether (sulfide) groups is 1. The van der Waals surface area contributed by atoms with Crippen LogP contribution in [0.5, 0.6) is 0 Å². The second-order valence-corrected chi connectivity index (χ2v) is 7.78. The molecule has 1 aliphatic heterocycles. The van der Waals surface area contributed by atoms with Crippen LogP contribution >= 0.6 is 11.8 Å². The predicted molar refractivity (Wildman–Crippen MR) is 115 cm³/mol. The zero-order valence-electron chi connectivity index (χ0n) is 17.1. The summed E-state index contributed by atoms with van der Waals surface area (Å²) in [6.07, 6.45) is 8.51. The second kappa shape index (κ2) is 13.4. The SMILES string of the molecule is CCOC(=O)N1CCC(NC(=NCCCCSC)NCCc2ccco2)CC1. The average molecular weight is 411 g/mol. The number of nitrogens with zero attached hydrogens (tertiary/aromatic N) is 2. The first kappa shape index (κ1) is 22.5. The van der Waals surface area contributed by atoms with Gasteiger partial charge in [-0.25, -0.2) is 4.79 Å². The summed E-state index contributed by atoms with van der Waals surface area (Å²) in [5, 5.41) is 6.96. The molecule has 1 aliphatic rings. The van der Waals surface area contributed by atoms with Crippen LogP contribution in [0.2, 0.25) is 0 Å². The quantitative estimate of drug-likeness (QED) is 0.351. The number of guanidine groups is 1. The monoisotopic (exact) mass is 410 g/mol. The normalized spacial score (nSPS) is 15.5. The van der Waals surface area contributed by atoms with Crippen molar-refractivity contribution in [1.29, 1.82) is 0 Å². The van der Waals surface area contributed by atoms with Crippen LogP contribution in [0.1, 0.15) is 38.4 Å². The summed E-state index contributed by atoms with van der Waals surface area (Å²) < 4.78 is 10.5. The molecule has 0 aromatic carbocycles. The Labute approximate surface area is 172 Å². The van der Waals surface area contributed by atoms with Crippen LogP contribution in [0.4, 0.5) is 4.79 Å². The van der Waals surface area contributed by atoms with Crippen LogP contribution < -0.4 is 10.6 Å². The van der Waals surface area contributed by atoms with Gasteiger partial charge in [0.05, 0.1) is 12.9 Å². The van der Waals surface area contributed by atoms with Gasteiger partial charge < -0.3 is 24.7 Å². The van der Waals surface area contributed by atoms with E-state index in [2.05, 4.69) is 16.9 Å². The fourth-order valence-corrected chi connectivity index (χ4v) is 3.57. The van der Waals surface area contributed by atoms with Crippen LogP contribution in [0.15, 0.2) is 27.8 Å². The van der Waals surface area contributed by atoms with Gasteiger partial charge in [0.2, 0.25) is 0 Å². The Kier molecular flexibility index (Phi) is 10.7. The molecule has 1 amide bonds. The maximum atomic E-state index is 11.8. The largest absolute Gasteiger partial charge is 0.469 e. The Hall–Kier alpha value is -1.83. The topological polar surface area (TPSA) is 79.1 Å². The van der Waals surface area contributed by atoms with Crippen LogP contribution in [-0.4, -0.2) is 67.8 Å². The number of carbonyl (C=O) groups is 1. The van der Waals surface area contributed by atoms with E-state index in [1.165, 1.54) is 12.2 Å². The molecule has 0 saturated carbocycles. The molecule has 0 spiro atoms. The lowest BCUT2D eigenvalue weighted by Crippen LogP contribution is -2.50. The number of carbonyl (C=O) groups excluding carboxylic acids is 1. The Morgan fingerprint density at radius 3 is 2.89 bits per heavy atom. The van der Waals surface area contributed by atoms with Crippen molar-refractivity contribution in [2.75, 3.05) is 44.8 Å². The number of aliphatic imine (C=N–C) groups is 1. The van der Waals surface area contributed by atoms with E-state index in [0.29, 0.717) is 25.7 Å². The summed E-state index contributed by atoms with van der Waals surface area (Å²) in [7, 11) is 0. The third kappa shape index (κ3) is 8.46. The first-order valence-electron chi connectivity index (χ1n) is 10.2. The van der Waals surface area contributed by atoms with E-state index in [-0.39, 0.29) is 6.09 Å². The van der Waals surface area contributed by atoms with Gasteiger partial charge in [0.15, 0.2) is 5.96 Å². The number of piperidine rings is 1. The van der Waals surface area contributed by atoms with Gasteiger partial charge in [-0.2, -0.15) is 11.8 Å². The minimum absolute atomic E-state index is 0.208. The molecule has 0 atom stereocenters. The van der Waals surface area contributed by atoms with E-state index >= 15 is 0 Å². The summed E-state index contributed by atoms with van der Waals surface area (Å²) in [5.41, 5.74) is 0. The molecule has 2 heterocycles. The number of furan rings is 1. The molecule has 1 saturated heterocycles. The molecule has 0 bridgehead atoms. The van der Waals surface area contributed by atoms with Crippen molar-refractivity contribution in [2.24, 2.45) is 4.99 Å². The lowest BCUT2D eigenvalue weighted by Gasteiger charge is -2.32. The molecule has 1 fully saturated rings. The number of ether oxygens (including phenoxy) is 1. The fraction of sp³-hybridized carbons (Fsp3) is 0.700. The maximum Gasteiger partial charge on any atom is 0.409 e. The standard InChI is InChI=1S/C20H34N4O3S/c1-3-26-20(25)24-13-9-17(10-14-24)23-19(21-11-4-5-16-28-2)22-12-8-18-7-6-15-27-18/h6-7,15,17H,3-5,8-14,16H2,1-2H3,(H2,21,22,23). The number of hydrogen-bond acceptors (Lipinski definition) is 5. The average Bonchev–Trinajstić information content (AvgIpc) is 3.22. The Morgan fingerprint density at radius 1 is 1.39 bits per heavy atom. The van der Waals surface area contributed by atoms with Crippen molar-refractivity contribution in [3.8, 4) is 0 Å². The van der Waals surface area contributed by atoms with E-state index < -0.39 is 0 Å². The summed E-state index contributed by atoms with van der Waals surface area (Å²) in [6, 6.07) is 4.21. The highest BCUT2D eigenvalue weighted by molar-refractivity contribution is 7.98. The molecule has 2 N–H and O–H groups in total. The smallest absolute Gasteiger partial charge is 0.409 e. The first-order valence-corrected chi connectivity index (χ1v) is 11.6. The van der Waals surface area contributed by atoms with Crippen molar-refractivity contribution in [2.45, 2.75) is 45.1 Å². The second-order valence-electron chi connectivity index (χ2n) is 6.79. The van der Waals surface area contributed by atoms with Gasteiger partial charge in [0, 0.05) is 38.6 Å². The molecule has 0 aliphatic carbocycles. The number of amides is 1. The van der Waals surface area contributed by atoms with E-state index in [1.54, 1.807) is 11.2 Å². The van der Waals surface area contributed by atoms with E-state index in [0.717, 1.165) is 50.5 Å². The Morgan fingerprint density at radius 2 is 2.21 bits per heavy atom. The van der Waals surface area contributed by atoms with Crippen LogP contribution in [0.25, 0.3) is 0 Å². The molecular weight excluding hydrogens is 376 g/mol. The molecule has 0 radical (unpaired) electrons. The Bertz CT molecular complexity index is 572. The third-order valence-corrected chi connectivity index (χ3v) is 5.33. The lowest BCUT2D eigenvalue weighted by atomic mass is 10.1. The van der Waals surface area contributed by atoms with Crippen molar-refractivity contribution in [1.82, 2.24) is 15.5 Å². The van der Waals surface area contributed by atoms with Gasteiger partial charge in [-0.05, 0) is 56.7 Å². The minimum Gasteiger partial charge on any atom is -0.469 e. The van der Waals surface area contributed by atoms with Crippen molar-refractivity contribution in [3.05, 3.63) is 24.2 Å². The maximum absolute atomic E-state index is 11.8. The highest BCUT2D eigenvalue weighted by Crippen LogP contribution is 2.11. The molecule has 1 aromatic heterocycles. The molecular formula is C20H34N4O3S. The number of unbranched alkanes of at least 4 members (excludes halogenated alkanes) is 1. The Balaban J connectivity index is 1.78. The highest BCUT2D eigenvalue weighted by atomic mass is 32.2. The molecule has 28 heavy (non-hydrogen) atoms. The van der Waals surface area contributed by atoms with Crippen LogP contribution in [0, 0.1) is 0 Å². The molecule has 0 unspecified atom stereocenters. The summed E-state index contributed by atoms with van der Waals surface area (Å²) in [4.78, 5) is 18.4. The van der Waals surface area contributed by atoms with Gasteiger partial charge in [0.25, 0.3) is 0 Å². The van der Waals surface area contributed by atoms with Gasteiger partial charge >= 0.3 is 6.09 Å². The number of hydrogen-bond donors (Lipinski definition) is 2. The third-order valence-electron chi connectivity index (χ3n) is 4.63. The minimum atomic E-state index is -0.208. The molecule has 158 valence electrons.